The van der Waals surface area contributed by atoms with E-state index in [1.807, 2.05) is 4.90 Å². The zero-order valence-electron chi connectivity index (χ0n) is 8.59. The number of alkyl halides is 3. The van der Waals surface area contributed by atoms with Crippen LogP contribution >= 0.6 is 0 Å². The molecule has 1 fully saturated rings. The first-order valence-electron chi connectivity index (χ1n) is 5.24. The van der Waals surface area contributed by atoms with Gasteiger partial charge in [0.2, 0.25) is 0 Å². The van der Waals surface area contributed by atoms with Crippen LogP contribution in [-0.2, 0) is 4.79 Å². The Morgan fingerprint density at radius 1 is 1.27 bits per heavy atom. The summed E-state index contributed by atoms with van der Waals surface area (Å²) in [7, 11) is 0. The highest BCUT2D eigenvalue weighted by Crippen LogP contribution is 2.23. The number of halogens is 3. The number of piperidine rings is 1. The first kappa shape index (κ1) is 12.5. The Morgan fingerprint density at radius 2 is 1.87 bits per heavy atom. The summed E-state index contributed by atoms with van der Waals surface area (Å²) in [5.74, 6) is 0.379. The summed E-state index contributed by atoms with van der Waals surface area (Å²) in [6.45, 7) is 1.47. The third kappa shape index (κ3) is 5.16. The number of carbonyl (C=O) groups is 1. The van der Waals surface area contributed by atoms with Crippen molar-refractivity contribution in [3.63, 3.8) is 0 Å². The molecule has 0 atom stereocenters. The second-order valence-corrected chi connectivity index (χ2v) is 4.05. The quantitative estimate of drug-likeness (QED) is 0.681. The maximum atomic E-state index is 11.9. The molecule has 0 saturated carbocycles. The summed E-state index contributed by atoms with van der Waals surface area (Å²) in [6.07, 6.45) is -1.65. The summed E-state index contributed by atoms with van der Waals surface area (Å²) in [6, 6.07) is 0. The Morgan fingerprint density at radius 3 is 2.33 bits per heavy atom. The van der Waals surface area contributed by atoms with E-state index in [1.54, 1.807) is 0 Å². The lowest BCUT2D eigenvalue weighted by atomic mass is 9.94. The minimum absolute atomic E-state index is 0.0946. The largest absolute Gasteiger partial charge is 0.390 e. The molecule has 0 bridgehead atoms. The average molecular weight is 223 g/mol. The third-order valence-corrected chi connectivity index (χ3v) is 2.85. The molecule has 0 radical (unpaired) electrons. The van der Waals surface area contributed by atoms with Gasteiger partial charge in [0.1, 0.15) is 6.29 Å². The van der Waals surface area contributed by atoms with Gasteiger partial charge in [0.25, 0.3) is 0 Å². The summed E-state index contributed by atoms with van der Waals surface area (Å²) >= 11 is 0. The van der Waals surface area contributed by atoms with Gasteiger partial charge in [-0.25, -0.2) is 0 Å². The third-order valence-electron chi connectivity index (χ3n) is 2.85. The molecule has 1 saturated heterocycles. The lowest BCUT2D eigenvalue weighted by Crippen LogP contribution is -2.36. The van der Waals surface area contributed by atoms with Crippen LogP contribution in [0.1, 0.15) is 25.7 Å². The van der Waals surface area contributed by atoms with Crippen LogP contribution in [-0.4, -0.2) is 37.0 Å². The van der Waals surface area contributed by atoms with E-state index in [-0.39, 0.29) is 6.54 Å². The fraction of sp³-hybridized carbons (Fsp3) is 0.900. The molecule has 0 spiro atoms. The van der Waals surface area contributed by atoms with Gasteiger partial charge < -0.3 is 9.69 Å². The van der Waals surface area contributed by atoms with Gasteiger partial charge in [-0.15, -0.1) is 0 Å². The molecule has 0 aliphatic carbocycles. The molecule has 15 heavy (non-hydrogen) atoms. The second kappa shape index (κ2) is 5.49. The van der Waals surface area contributed by atoms with E-state index >= 15 is 0 Å². The number of hydrogen-bond acceptors (Lipinski definition) is 2. The van der Waals surface area contributed by atoms with Crippen molar-refractivity contribution in [3.05, 3.63) is 0 Å². The number of hydrogen-bond donors (Lipinski definition) is 0. The van der Waals surface area contributed by atoms with Crippen LogP contribution in [0.15, 0.2) is 0 Å². The molecule has 0 aromatic heterocycles. The van der Waals surface area contributed by atoms with Crippen molar-refractivity contribution in [2.24, 2.45) is 5.92 Å². The van der Waals surface area contributed by atoms with Crippen LogP contribution in [0, 0.1) is 5.92 Å². The summed E-state index contributed by atoms with van der Waals surface area (Å²) in [5, 5.41) is 0. The van der Waals surface area contributed by atoms with Crippen LogP contribution in [0.4, 0.5) is 13.2 Å². The highest BCUT2D eigenvalue weighted by atomic mass is 19.4. The minimum atomic E-state index is -4.06. The van der Waals surface area contributed by atoms with Gasteiger partial charge in [0.15, 0.2) is 0 Å². The predicted octanol–water partition coefficient (Wildman–Crippen LogP) is 2.24. The molecule has 88 valence electrons. The van der Waals surface area contributed by atoms with Crippen LogP contribution < -0.4 is 0 Å². The lowest BCUT2D eigenvalue weighted by molar-refractivity contribution is -0.138. The van der Waals surface area contributed by atoms with E-state index in [9.17, 15) is 18.0 Å². The second-order valence-electron chi connectivity index (χ2n) is 4.05. The van der Waals surface area contributed by atoms with Gasteiger partial charge in [-0.1, -0.05) is 0 Å². The van der Waals surface area contributed by atoms with E-state index in [0.717, 1.165) is 19.1 Å². The number of likely N-dealkylation sites (tertiary alicyclic amines) is 1. The Kier molecular flexibility index (Phi) is 4.57. The first-order valence-corrected chi connectivity index (χ1v) is 5.24. The minimum Gasteiger partial charge on any atom is -0.303 e. The highest BCUT2D eigenvalue weighted by molar-refractivity contribution is 5.49. The van der Waals surface area contributed by atoms with Crippen molar-refractivity contribution < 1.29 is 18.0 Å². The smallest absolute Gasteiger partial charge is 0.303 e. The maximum Gasteiger partial charge on any atom is 0.390 e. The summed E-state index contributed by atoms with van der Waals surface area (Å²) in [4.78, 5) is 12.1. The molecule has 0 aromatic rings. The van der Waals surface area contributed by atoms with E-state index in [4.69, 9.17) is 0 Å². The predicted molar refractivity (Wildman–Crippen MR) is 50.5 cm³/mol. The van der Waals surface area contributed by atoms with Gasteiger partial charge in [0, 0.05) is 13.0 Å². The molecular formula is C10H16F3NO. The Balaban J connectivity index is 2.17. The molecule has 0 unspecified atom stereocenters. The standard InChI is InChI=1S/C10H16F3NO/c11-10(12,13)4-7-14-5-1-9(2-6-14)3-8-15/h8-9H,1-7H2. The van der Waals surface area contributed by atoms with Gasteiger partial charge in [-0.3, -0.25) is 0 Å². The van der Waals surface area contributed by atoms with Crippen molar-refractivity contribution in [2.75, 3.05) is 19.6 Å². The zero-order chi connectivity index (χ0) is 11.3. The fourth-order valence-corrected chi connectivity index (χ4v) is 1.87. The summed E-state index contributed by atoms with van der Waals surface area (Å²) in [5.41, 5.74) is 0. The molecule has 2 nitrogen and oxygen atoms in total. The topological polar surface area (TPSA) is 20.3 Å². The van der Waals surface area contributed by atoms with E-state index in [1.165, 1.54) is 0 Å². The molecule has 0 N–H and O–H groups in total. The van der Waals surface area contributed by atoms with Crippen LogP contribution in [0.2, 0.25) is 0 Å². The highest BCUT2D eigenvalue weighted by Gasteiger charge is 2.28. The Labute approximate surface area is 87.4 Å². The van der Waals surface area contributed by atoms with Crippen molar-refractivity contribution in [1.82, 2.24) is 4.90 Å². The molecule has 1 aliphatic heterocycles. The van der Waals surface area contributed by atoms with Crippen molar-refractivity contribution in [3.8, 4) is 0 Å². The van der Waals surface area contributed by atoms with E-state index in [0.29, 0.717) is 25.4 Å². The molecule has 1 heterocycles. The molecule has 5 heteroatoms. The SMILES string of the molecule is O=CCC1CCN(CCC(F)(F)F)CC1. The number of carbonyl (C=O) groups excluding carboxylic acids is 1. The molecule has 0 amide bonds. The maximum absolute atomic E-state index is 11.9. The number of aldehydes is 1. The van der Waals surface area contributed by atoms with Crippen molar-refractivity contribution in [2.45, 2.75) is 31.9 Å². The van der Waals surface area contributed by atoms with Gasteiger partial charge in [0.05, 0.1) is 6.42 Å². The normalized spacial score (nSPS) is 20.5. The van der Waals surface area contributed by atoms with E-state index < -0.39 is 12.6 Å². The van der Waals surface area contributed by atoms with Gasteiger partial charge >= 0.3 is 6.18 Å². The van der Waals surface area contributed by atoms with Crippen LogP contribution in [0.3, 0.4) is 0 Å². The zero-order valence-corrected chi connectivity index (χ0v) is 8.59. The Bertz CT molecular complexity index is 197. The van der Waals surface area contributed by atoms with Gasteiger partial charge in [-0.2, -0.15) is 13.2 Å². The van der Waals surface area contributed by atoms with E-state index in [2.05, 4.69) is 0 Å². The average Bonchev–Trinajstić information content (AvgIpc) is 2.16. The Hall–Kier alpha value is -0.580. The number of nitrogens with zero attached hydrogens (tertiary/aromatic N) is 1. The van der Waals surface area contributed by atoms with Crippen LogP contribution in [0.25, 0.3) is 0 Å². The molecule has 1 aliphatic rings. The molecular weight excluding hydrogens is 207 g/mol. The monoisotopic (exact) mass is 223 g/mol. The van der Waals surface area contributed by atoms with Gasteiger partial charge in [-0.05, 0) is 31.8 Å². The number of rotatable bonds is 4. The van der Waals surface area contributed by atoms with Crippen LogP contribution in [0.5, 0.6) is 0 Å². The van der Waals surface area contributed by atoms with Crippen molar-refractivity contribution >= 4 is 6.29 Å². The summed E-state index contributed by atoms with van der Waals surface area (Å²) < 4.78 is 35.8. The lowest BCUT2D eigenvalue weighted by Gasteiger charge is -2.31. The van der Waals surface area contributed by atoms with Crippen molar-refractivity contribution in [1.29, 1.82) is 0 Å². The molecule has 0 aromatic carbocycles. The first-order chi connectivity index (χ1) is 7.01. The fourth-order valence-electron chi connectivity index (χ4n) is 1.87. The molecule has 1 rings (SSSR count).